The summed E-state index contributed by atoms with van der Waals surface area (Å²) in [5.74, 6) is 0.593. The fourth-order valence-corrected chi connectivity index (χ4v) is 4.32. The van der Waals surface area contributed by atoms with Crippen LogP contribution in [0.1, 0.15) is 18.9 Å². The first-order valence-corrected chi connectivity index (χ1v) is 11.6. The van der Waals surface area contributed by atoms with Gasteiger partial charge in [-0.25, -0.2) is 14.5 Å². The highest BCUT2D eigenvalue weighted by Crippen LogP contribution is 2.20. The highest BCUT2D eigenvalue weighted by molar-refractivity contribution is 7.85. The second-order valence-corrected chi connectivity index (χ2v) is 8.99. The van der Waals surface area contributed by atoms with E-state index < -0.39 is 29.2 Å². The molecule has 0 bridgehead atoms. The monoisotopic (exact) mass is 464 g/mol. The number of carbonyl (C=O) groups excluding carboxylic acids is 2. The van der Waals surface area contributed by atoms with Gasteiger partial charge >= 0.3 is 12.1 Å². The lowest BCUT2D eigenvalue weighted by molar-refractivity contribution is 0.0992. The lowest BCUT2D eigenvalue weighted by atomic mass is 10.2. The fourth-order valence-electron chi connectivity index (χ4n) is 3.15. The van der Waals surface area contributed by atoms with E-state index in [4.69, 9.17) is 11.6 Å². The standard InChI is InChI=1S/C21H25ClN4O4S/c1-2-13-31(30)18-9-7-17(8-10-18)23-19-24-20(28)25(11-12-27)21(29)26(19)14-15-3-5-16(22)6-4-15/h3-10,19,23,27H,2,11-14H2,1H3,(H,24,28). The van der Waals surface area contributed by atoms with Gasteiger partial charge in [0.2, 0.25) is 0 Å². The van der Waals surface area contributed by atoms with Crippen LogP contribution in [0.4, 0.5) is 15.3 Å². The minimum atomic E-state index is -1.06. The van der Waals surface area contributed by atoms with Crippen molar-refractivity contribution < 1.29 is 18.9 Å². The van der Waals surface area contributed by atoms with Gasteiger partial charge in [0.15, 0.2) is 6.29 Å². The van der Waals surface area contributed by atoms with Crippen LogP contribution in [0.25, 0.3) is 0 Å². The summed E-state index contributed by atoms with van der Waals surface area (Å²) in [4.78, 5) is 28.5. The molecule has 1 heterocycles. The molecule has 2 aromatic carbocycles. The van der Waals surface area contributed by atoms with Crippen LogP contribution in [0.5, 0.6) is 0 Å². The predicted octanol–water partition coefficient (Wildman–Crippen LogP) is 3.19. The van der Waals surface area contributed by atoms with E-state index in [1.54, 1.807) is 48.5 Å². The van der Waals surface area contributed by atoms with E-state index >= 15 is 0 Å². The number of urea groups is 2. The number of aliphatic hydroxyl groups is 1. The number of imide groups is 1. The van der Waals surface area contributed by atoms with Crippen molar-refractivity contribution in [1.82, 2.24) is 15.1 Å². The van der Waals surface area contributed by atoms with Crippen molar-refractivity contribution in [3.63, 3.8) is 0 Å². The van der Waals surface area contributed by atoms with Crippen LogP contribution in [-0.4, -0.2) is 56.4 Å². The molecule has 0 saturated carbocycles. The quantitative estimate of drug-likeness (QED) is 0.529. The number of carbonyl (C=O) groups is 2. The molecule has 0 aromatic heterocycles. The van der Waals surface area contributed by atoms with Gasteiger partial charge in [0.25, 0.3) is 0 Å². The summed E-state index contributed by atoms with van der Waals surface area (Å²) in [6.07, 6.45) is 0.0184. The van der Waals surface area contributed by atoms with E-state index in [0.717, 1.165) is 21.8 Å². The molecule has 1 saturated heterocycles. The van der Waals surface area contributed by atoms with Crippen molar-refractivity contribution in [1.29, 1.82) is 0 Å². The molecule has 0 radical (unpaired) electrons. The summed E-state index contributed by atoms with van der Waals surface area (Å²) >= 11 is 5.95. The molecule has 2 aromatic rings. The van der Waals surface area contributed by atoms with Crippen molar-refractivity contribution in [2.24, 2.45) is 0 Å². The second-order valence-electron chi connectivity index (χ2n) is 6.98. The third-order valence-corrected chi connectivity index (χ3v) is 6.52. The van der Waals surface area contributed by atoms with Crippen LogP contribution >= 0.6 is 11.6 Å². The van der Waals surface area contributed by atoms with E-state index in [2.05, 4.69) is 10.6 Å². The summed E-state index contributed by atoms with van der Waals surface area (Å²) < 4.78 is 12.2. The van der Waals surface area contributed by atoms with Crippen molar-refractivity contribution >= 4 is 40.2 Å². The molecule has 0 spiro atoms. The number of β-amino-alcohol motifs (C(OH)–C–C–N with tert-alkyl or cyclic N) is 1. The molecule has 2 atom stereocenters. The number of nitrogens with one attached hydrogen (secondary N) is 2. The van der Waals surface area contributed by atoms with Gasteiger partial charge in [-0.15, -0.1) is 0 Å². The Labute approximate surface area is 188 Å². The van der Waals surface area contributed by atoms with Crippen LogP contribution in [0.3, 0.4) is 0 Å². The van der Waals surface area contributed by atoms with Gasteiger partial charge in [0.1, 0.15) is 0 Å². The summed E-state index contributed by atoms with van der Waals surface area (Å²) in [5, 5.41) is 15.7. The average molecular weight is 465 g/mol. The first kappa shape index (κ1) is 23.1. The molecule has 166 valence electrons. The molecular formula is C21H25ClN4O4S. The lowest BCUT2D eigenvalue weighted by Crippen LogP contribution is -2.67. The smallest absolute Gasteiger partial charge is 0.331 e. The van der Waals surface area contributed by atoms with E-state index in [0.29, 0.717) is 16.5 Å². The molecule has 1 aliphatic heterocycles. The Morgan fingerprint density at radius 1 is 1.13 bits per heavy atom. The van der Waals surface area contributed by atoms with Crippen LogP contribution in [0, 0.1) is 0 Å². The van der Waals surface area contributed by atoms with Gasteiger partial charge in [-0.05, 0) is 48.4 Å². The van der Waals surface area contributed by atoms with Gasteiger partial charge in [-0.1, -0.05) is 30.7 Å². The van der Waals surface area contributed by atoms with Crippen molar-refractivity contribution in [3.05, 3.63) is 59.1 Å². The van der Waals surface area contributed by atoms with Crippen molar-refractivity contribution in [2.75, 3.05) is 24.2 Å². The Balaban J connectivity index is 1.81. The molecule has 3 N–H and O–H groups in total. The molecule has 1 aliphatic rings. The SMILES string of the molecule is CCCS(=O)c1ccc(NC2NC(=O)N(CCO)C(=O)N2Cc2ccc(Cl)cc2)cc1. The number of amides is 4. The number of anilines is 1. The van der Waals surface area contributed by atoms with Gasteiger partial charge in [0, 0.05) is 21.4 Å². The normalized spacial score (nSPS) is 17.5. The second kappa shape index (κ2) is 10.6. The van der Waals surface area contributed by atoms with Crippen LogP contribution in [-0.2, 0) is 17.3 Å². The molecule has 4 amide bonds. The lowest BCUT2D eigenvalue weighted by Gasteiger charge is -2.41. The zero-order chi connectivity index (χ0) is 22.4. The summed E-state index contributed by atoms with van der Waals surface area (Å²) in [7, 11) is -1.06. The summed E-state index contributed by atoms with van der Waals surface area (Å²) in [5.41, 5.74) is 1.49. The van der Waals surface area contributed by atoms with E-state index in [9.17, 15) is 18.9 Å². The van der Waals surface area contributed by atoms with E-state index in [-0.39, 0.29) is 19.7 Å². The molecule has 0 aliphatic carbocycles. The third kappa shape index (κ3) is 5.75. The Hall–Kier alpha value is -2.62. The molecular weight excluding hydrogens is 440 g/mol. The number of hydrogen-bond acceptors (Lipinski definition) is 5. The highest BCUT2D eigenvalue weighted by Gasteiger charge is 2.38. The Kier molecular flexibility index (Phi) is 7.89. The maximum atomic E-state index is 13.0. The van der Waals surface area contributed by atoms with Gasteiger partial charge in [0.05, 0.1) is 30.5 Å². The molecule has 31 heavy (non-hydrogen) atoms. The Morgan fingerprint density at radius 3 is 2.42 bits per heavy atom. The van der Waals surface area contributed by atoms with Gasteiger partial charge < -0.3 is 10.4 Å². The maximum Gasteiger partial charge on any atom is 0.331 e. The molecule has 3 rings (SSSR count). The first-order chi connectivity index (χ1) is 14.9. The fraction of sp³-hybridized carbons (Fsp3) is 0.333. The first-order valence-electron chi connectivity index (χ1n) is 9.92. The summed E-state index contributed by atoms with van der Waals surface area (Å²) in [6, 6.07) is 13.0. The van der Waals surface area contributed by atoms with Crippen LogP contribution in [0.15, 0.2) is 53.4 Å². The van der Waals surface area contributed by atoms with Gasteiger partial charge in [-0.3, -0.25) is 14.4 Å². The number of halogens is 1. The molecule has 8 nitrogen and oxygen atoms in total. The Morgan fingerprint density at radius 2 is 1.81 bits per heavy atom. The van der Waals surface area contributed by atoms with Crippen molar-refractivity contribution in [2.45, 2.75) is 31.1 Å². The average Bonchev–Trinajstić information content (AvgIpc) is 2.76. The minimum absolute atomic E-state index is 0.105. The zero-order valence-corrected chi connectivity index (χ0v) is 18.7. The van der Waals surface area contributed by atoms with Crippen LogP contribution < -0.4 is 10.6 Å². The number of nitrogens with zero attached hydrogens (tertiary/aromatic N) is 2. The molecule has 1 fully saturated rings. The largest absolute Gasteiger partial charge is 0.395 e. The minimum Gasteiger partial charge on any atom is -0.395 e. The van der Waals surface area contributed by atoms with E-state index in [1.807, 2.05) is 6.92 Å². The van der Waals surface area contributed by atoms with E-state index in [1.165, 1.54) is 4.90 Å². The highest BCUT2D eigenvalue weighted by atomic mass is 35.5. The topological polar surface area (TPSA) is 102 Å². The number of rotatable bonds is 9. The third-order valence-electron chi connectivity index (χ3n) is 4.69. The van der Waals surface area contributed by atoms with Crippen molar-refractivity contribution in [3.8, 4) is 0 Å². The van der Waals surface area contributed by atoms with Gasteiger partial charge in [-0.2, -0.15) is 0 Å². The zero-order valence-electron chi connectivity index (χ0n) is 17.1. The molecule has 10 heteroatoms. The number of aliphatic hydroxyl groups excluding tert-OH is 1. The summed E-state index contributed by atoms with van der Waals surface area (Å²) in [6.45, 7) is 1.76. The maximum absolute atomic E-state index is 13.0. The predicted molar refractivity (Wildman–Crippen MR) is 120 cm³/mol. The van der Waals surface area contributed by atoms with Crippen LogP contribution in [0.2, 0.25) is 5.02 Å². The Bertz CT molecular complexity index is 939. The molecule has 2 unspecified atom stereocenters. The number of hydrogen-bond donors (Lipinski definition) is 3. The number of benzene rings is 2.